The Kier molecular flexibility index (Phi) is 2.61. The van der Waals surface area contributed by atoms with Gasteiger partial charge in [-0.2, -0.15) is 0 Å². The predicted molar refractivity (Wildman–Crippen MR) is 59.0 cm³/mol. The molecule has 0 aromatic heterocycles. The lowest BCUT2D eigenvalue weighted by Gasteiger charge is -2.11. The van der Waals surface area contributed by atoms with E-state index < -0.39 is 6.10 Å². The van der Waals surface area contributed by atoms with Crippen molar-refractivity contribution in [1.29, 1.82) is 0 Å². The van der Waals surface area contributed by atoms with Crippen molar-refractivity contribution in [3.05, 3.63) is 34.9 Å². The summed E-state index contributed by atoms with van der Waals surface area (Å²) < 4.78 is 0. The van der Waals surface area contributed by atoms with Crippen molar-refractivity contribution in [2.24, 2.45) is 5.92 Å². The molecule has 1 atom stereocenters. The zero-order chi connectivity index (χ0) is 11.0. The second kappa shape index (κ2) is 3.78. The minimum atomic E-state index is -0.787. The van der Waals surface area contributed by atoms with Crippen molar-refractivity contribution in [2.45, 2.75) is 32.8 Å². The zero-order valence-corrected chi connectivity index (χ0v) is 9.16. The van der Waals surface area contributed by atoms with E-state index in [0.29, 0.717) is 5.56 Å². The van der Waals surface area contributed by atoms with Crippen LogP contribution in [0.5, 0.6) is 0 Å². The van der Waals surface area contributed by atoms with Crippen LogP contribution in [-0.2, 0) is 0 Å². The maximum atomic E-state index is 11.9. The normalized spacial score (nSPS) is 17.5. The van der Waals surface area contributed by atoms with Crippen molar-refractivity contribution >= 4 is 5.78 Å². The highest BCUT2D eigenvalue weighted by atomic mass is 16.3. The van der Waals surface area contributed by atoms with Gasteiger partial charge in [0.25, 0.3) is 0 Å². The molecule has 0 bridgehead atoms. The topological polar surface area (TPSA) is 37.3 Å². The predicted octanol–water partition coefficient (Wildman–Crippen LogP) is 2.26. The molecule has 1 unspecified atom stereocenters. The summed E-state index contributed by atoms with van der Waals surface area (Å²) in [5.74, 6) is 0.0936. The van der Waals surface area contributed by atoms with Crippen LogP contribution in [0.2, 0.25) is 0 Å². The summed E-state index contributed by atoms with van der Waals surface area (Å²) in [5, 5.41) is 9.78. The van der Waals surface area contributed by atoms with E-state index in [4.69, 9.17) is 0 Å². The molecule has 1 fully saturated rings. The summed E-state index contributed by atoms with van der Waals surface area (Å²) in [4.78, 5) is 11.9. The van der Waals surface area contributed by atoms with E-state index in [1.807, 2.05) is 26.0 Å². The molecule has 80 valence electrons. The SMILES string of the molecule is Cc1cccc(C(=O)C(O)C2CC2)c1C. The Bertz CT molecular complexity index is 392. The third kappa shape index (κ3) is 1.95. The first-order valence-corrected chi connectivity index (χ1v) is 5.39. The van der Waals surface area contributed by atoms with Crippen LogP contribution < -0.4 is 0 Å². The second-order valence-corrected chi connectivity index (χ2v) is 4.39. The number of carbonyl (C=O) groups excluding carboxylic acids is 1. The number of aliphatic hydroxyl groups excluding tert-OH is 1. The highest BCUT2D eigenvalue weighted by molar-refractivity contribution is 6.01. The van der Waals surface area contributed by atoms with E-state index in [0.717, 1.165) is 24.0 Å². The Morgan fingerprint density at radius 2 is 2.07 bits per heavy atom. The van der Waals surface area contributed by atoms with Gasteiger partial charge >= 0.3 is 0 Å². The monoisotopic (exact) mass is 204 g/mol. The number of aliphatic hydroxyl groups is 1. The fourth-order valence-corrected chi connectivity index (χ4v) is 1.80. The number of hydrogen-bond donors (Lipinski definition) is 1. The van der Waals surface area contributed by atoms with Gasteiger partial charge in [0.2, 0.25) is 0 Å². The first-order chi connectivity index (χ1) is 7.11. The van der Waals surface area contributed by atoms with Crippen LogP contribution in [-0.4, -0.2) is 17.0 Å². The number of rotatable bonds is 3. The Balaban J connectivity index is 2.28. The lowest BCUT2D eigenvalue weighted by molar-refractivity contribution is 0.0703. The van der Waals surface area contributed by atoms with Gasteiger partial charge in [0.05, 0.1) is 0 Å². The van der Waals surface area contributed by atoms with Gasteiger partial charge in [-0.15, -0.1) is 0 Å². The number of hydrogen-bond acceptors (Lipinski definition) is 2. The third-order valence-corrected chi connectivity index (χ3v) is 3.21. The molecule has 1 saturated carbocycles. The highest BCUT2D eigenvalue weighted by Crippen LogP contribution is 2.34. The van der Waals surface area contributed by atoms with Crippen molar-refractivity contribution < 1.29 is 9.90 Å². The van der Waals surface area contributed by atoms with Crippen LogP contribution in [0.15, 0.2) is 18.2 Å². The van der Waals surface area contributed by atoms with Gasteiger partial charge in [-0.05, 0) is 43.7 Å². The van der Waals surface area contributed by atoms with Crippen LogP contribution >= 0.6 is 0 Å². The molecule has 1 N–H and O–H groups in total. The van der Waals surface area contributed by atoms with Gasteiger partial charge < -0.3 is 5.11 Å². The average Bonchev–Trinajstić information content (AvgIpc) is 3.03. The van der Waals surface area contributed by atoms with Crippen LogP contribution in [0.4, 0.5) is 0 Å². The van der Waals surface area contributed by atoms with E-state index in [-0.39, 0.29) is 11.7 Å². The number of carbonyl (C=O) groups is 1. The molecule has 15 heavy (non-hydrogen) atoms. The van der Waals surface area contributed by atoms with Gasteiger partial charge in [0.15, 0.2) is 5.78 Å². The first kappa shape index (κ1) is 10.4. The second-order valence-electron chi connectivity index (χ2n) is 4.39. The van der Waals surface area contributed by atoms with E-state index in [2.05, 4.69) is 0 Å². The quantitative estimate of drug-likeness (QED) is 0.767. The molecule has 0 aliphatic heterocycles. The lowest BCUT2D eigenvalue weighted by atomic mass is 9.96. The van der Waals surface area contributed by atoms with Gasteiger partial charge in [0.1, 0.15) is 6.10 Å². The van der Waals surface area contributed by atoms with Gasteiger partial charge in [-0.1, -0.05) is 18.2 Å². The van der Waals surface area contributed by atoms with Crippen LogP contribution in [0.1, 0.15) is 34.3 Å². The van der Waals surface area contributed by atoms with Crippen molar-refractivity contribution in [1.82, 2.24) is 0 Å². The molecular formula is C13H16O2. The molecule has 0 spiro atoms. The molecule has 0 amide bonds. The van der Waals surface area contributed by atoms with E-state index in [1.54, 1.807) is 6.07 Å². The summed E-state index contributed by atoms with van der Waals surface area (Å²) in [6, 6.07) is 5.65. The standard InChI is InChI=1S/C13H16O2/c1-8-4-3-5-11(9(8)2)13(15)12(14)10-6-7-10/h3-5,10,12,14H,6-7H2,1-2H3. The molecule has 1 aromatic carbocycles. The molecule has 1 aliphatic rings. The largest absolute Gasteiger partial charge is 0.385 e. The Morgan fingerprint density at radius 1 is 1.40 bits per heavy atom. The molecule has 2 nitrogen and oxygen atoms in total. The van der Waals surface area contributed by atoms with Crippen LogP contribution in [0.25, 0.3) is 0 Å². The van der Waals surface area contributed by atoms with Gasteiger partial charge in [0, 0.05) is 5.56 Å². The van der Waals surface area contributed by atoms with Gasteiger partial charge in [-0.3, -0.25) is 4.79 Å². The highest BCUT2D eigenvalue weighted by Gasteiger charge is 2.35. The summed E-state index contributed by atoms with van der Waals surface area (Å²) in [5.41, 5.74) is 2.76. The Labute approximate surface area is 89.9 Å². The number of Topliss-reactive ketones (excluding diaryl/α,β-unsaturated/α-hetero) is 1. The van der Waals surface area contributed by atoms with Crippen molar-refractivity contribution in [3.8, 4) is 0 Å². The van der Waals surface area contributed by atoms with Crippen LogP contribution in [0.3, 0.4) is 0 Å². The lowest BCUT2D eigenvalue weighted by Crippen LogP contribution is -2.23. The Hall–Kier alpha value is -1.15. The van der Waals surface area contributed by atoms with E-state index in [9.17, 15) is 9.90 Å². The smallest absolute Gasteiger partial charge is 0.191 e. The molecule has 1 aromatic rings. The van der Waals surface area contributed by atoms with Crippen molar-refractivity contribution in [3.63, 3.8) is 0 Å². The summed E-state index contributed by atoms with van der Waals surface area (Å²) in [7, 11) is 0. The first-order valence-electron chi connectivity index (χ1n) is 5.39. The Morgan fingerprint density at radius 3 is 2.67 bits per heavy atom. The number of ketones is 1. The molecule has 0 radical (unpaired) electrons. The number of aryl methyl sites for hydroxylation is 1. The minimum Gasteiger partial charge on any atom is -0.385 e. The summed E-state index contributed by atoms with van der Waals surface area (Å²) in [6.45, 7) is 3.91. The fourth-order valence-electron chi connectivity index (χ4n) is 1.80. The molecule has 2 rings (SSSR count). The van der Waals surface area contributed by atoms with Gasteiger partial charge in [-0.25, -0.2) is 0 Å². The number of benzene rings is 1. The maximum absolute atomic E-state index is 11.9. The average molecular weight is 204 g/mol. The molecule has 0 saturated heterocycles. The van der Waals surface area contributed by atoms with E-state index in [1.165, 1.54) is 0 Å². The zero-order valence-electron chi connectivity index (χ0n) is 9.16. The molecule has 2 heteroatoms. The fraction of sp³-hybridized carbons (Fsp3) is 0.462. The van der Waals surface area contributed by atoms with Crippen molar-refractivity contribution in [2.75, 3.05) is 0 Å². The van der Waals surface area contributed by atoms with E-state index >= 15 is 0 Å². The van der Waals surface area contributed by atoms with Crippen LogP contribution in [0, 0.1) is 19.8 Å². The summed E-state index contributed by atoms with van der Waals surface area (Å²) >= 11 is 0. The third-order valence-electron chi connectivity index (χ3n) is 3.21. The summed E-state index contributed by atoms with van der Waals surface area (Å²) in [6.07, 6.45) is 1.18. The minimum absolute atomic E-state index is 0.112. The molecule has 0 heterocycles. The maximum Gasteiger partial charge on any atom is 0.191 e. The molecular weight excluding hydrogens is 188 g/mol. The molecule has 1 aliphatic carbocycles.